The van der Waals surface area contributed by atoms with Crippen molar-refractivity contribution in [3.63, 3.8) is 0 Å². The Hall–Kier alpha value is -1.88. The Morgan fingerprint density at radius 1 is 1.53 bits per heavy atom. The van der Waals surface area contributed by atoms with Crippen LogP contribution in [0.25, 0.3) is 11.1 Å². The number of benzene rings is 1. The number of amides is 1. The molecule has 19 heavy (non-hydrogen) atoms. The van der Waals surface area contributed by atoms with Crippen LogP contribution in [0.1, 0.15) is 19.3 Å². The molecule has 2 heterocycles. The van der Waals surface area contributed by atoms with E-state index in [1.54, 1.807) is 6.07 Å². The average molecular weight is 259 g/mol. The molecule has 1 atom stereocenters. The van der Waals surface area contributed by atoms with Gasteiger partial charge in [-0.3, -0.25) is 4.79 Å². The Morgan fingerprint density at radius 2 is 2.47 bits per heavy atom. The van der Waals surface area contributed by atoms with Gasteiger partial charge in [0.1, 0.15) is 5.52 Å². The Balaban J connectivity index is 1.61. The van der Waals surface area contributed by atoms with Gasteiger partial charge in [0.15, 0.2) is 12.0 Å². The van der Waals surface area contributed by atoms with E-state index >= 15 is 0 Å². The van der Waals surface area contributed by atoms with Crippen LogP contribution in [0.5, 0.6) is 0 Å². The number of fused-ring (bicyclic) bond motifs is 1. The van der Waals surface area contributed by atoms with Crippen LogP contribution in [0.15, 0.2) is 29.0 Å². The minimum absolute atomic E-state index is 0.0626. The summed E-state index contributed by atoms with van der Waals surface area (Å²) >= 11 is 0. The summed E-state index contributed by atoms with van der Waals surface area (Å²) in [7, 11) is 0. The molecule has 1 aromatic carbocycles. The molecule has 5 heteroatoms. The van der Waals surface area contributed by atoms with Crippen LogP contribution in [0.2, 0.25) is 0 Å². The average Bonchev–Trinajstić information content (AvgIpc) is 2.87. The Kier molecular flexibility index (Phi) is 3.46. The third-order valence-corrected chi connectivity index (χ3v) is 3.49. The fraction of sp³-hybridized carbons (Fsp3) is 0.429. The first-order chi connectivity index (χ1) is 9.31. The molecule has 100 valence electrons. The third kappa shape index (κ3) is 2.93. The van der Waals surface area contributed by atoms with Crippen molar-refractivity contribution in [2.24, 2.45) is 5.92 Å². The zero-order chi connectivity index (χ0) is 13.1. The van der Waals surface area contributed by atoms with E-state index in [4.69, 9.17) is 4.42 Å². The van der Waals surface area contributed by atoms with Gasteiger partial charge in [-0.2, -0.15) is 0 Å². The van der Waals surface area contributed by atoms with E-state index in [1.807, 2.05) is 12.1 Å². The number of piperidine rings is 1. The summed E-state index contributed by atoms with van der Waals surface area (Å²) in [6, 6.07) is 5.50. The van der Waals surface area contributed by atoms with Crippen molar-refractivity contribution in [3.8, 4) is 0 Å². The zero-order valence-electron chi connectivity index (χ0n) is 10.7. The van der Waals surface area contributed by atoms with E-state index in [1.165, 1.54) is 6.39 Å². The minimum atomic E-state index is 0.0626. The second kappa shape index (κ2) is 5.40. The van der Waals surface area contributed by atoms with Crippen LogP contribution >= 0.6 is 0 Å². The molecule has 1 aliphatic heterocycles. The second-order valence-corrected chi connectivity index (χ2v) is 5.00. The number of nitrogens with one attached hydrogen (secondary N) is 2. The molecular formula is C14H17N3O2. The highest BCUT2D eigenvalue weighted by molar-refractivity contribution is 5.92. The molecule has 1 unspecified atom stereocenters. The van der Waals surface area contributed by atoms with Crippen LogP contribution in [-0.4, -0.2) is 24.0 Å². The van der Waals surface area contributed by atoms with Crippen LogP contribution in [0.4, 0.5) is 5.69 Å². The Labute approximate surface area is 111 Å². The monoisotopic (exact) mass is 259 g/mol. The van der Waals surface area contributed by atoms with Crippen molar-refractivity contribution in [1.29, 1.82) is 0 Å². The van der Waals surface area contributed by atoms with Gasteiger partial charge in [0.2, 0.25) is 5.91 Å². The summed E-state index contributed by atoms with van der Waals surface area (Å²) < 4.78 is 5.22. The number of nitrogens with zero attached hydrogens (tertiary/aromatic N) is 1. The van der Waals surface area contributed by atoms with Crippen LogP contribution in [0, 0.1) is 5.92 Å². The van der Waals surface area contributed by atoms with Crippen LogP contribution < -0.4 is 10.6 Å². The fourth-order valence-electron chi connectivity index (χ4n) is 2.51. The quantitative estimate of drug-likeness (QED) is 0.886. The predicted octanol–water partition coefficient (Wildman–Crippen LogP) is 2.16. The van der Waals surface area contributed by atoms with E-state index in [0.29, 0.717) is 17.9 Å². The highest BCUT2D eigenvalue weighted by atomic mass is 16.3. The molecule has 0 radical (unpaired) electrons. The molecule has 1 amide bonds. The van der Waals surface area contributed by atoms with Crippen molar-refractivity contribution in [1.82, 2.24) is 10.3 Å². The van der Waals surface area contributed by atoms with Gasteiger partial charge in [-0.15, -0.1) is 0 Å². The lowest BCUT2D eigenvalue weighted by Crippen LogP contribution is -2.32. The Bertz CT molecular complexity index is 573. The molecule has 0 bridgehead atoms. The largest absolute Gasteiger partial charge is 0.443 e. The highest BCUT2D eigenvalue weighted by Gasteiger charge is 2.16. The van der Waals surface area contributed by atoms with Crippen molar-refractivity contribution in [2.45, 2.75) is 19.3 Å². The zero-order valence-corrected chi connectivity index (χ0v) is 10.7. The summed E-state index contributed by atoms with van der Waals surface area (Å²) in [6.45, 7) is 2.01. The lowest BCUT2D eigenvalue weighted by atomic mass is 9.96. The number of anilines is 1. The maximum atomic E-state index is 12.0. The first kappa shape index (κ1) is 12.2. The highest BCUT2D eigenvalue weighted by Crippen LogP contribution is 2.19. The topological polar surface area (TPSA) is 67.2 Å². The summed E-state index contributed by atoms with van der Waals surface area (Å²) in [4.78, 5) is 16.0. The number of carbonyl (C=O) groups is 1. The molecule has 1 saturated heterocycles. The first-order valence-corrected chi connectivity index (χ1v) is 6.65. The van der Waals surface area contributed by atoms with Crippen molar-refractivity contribution in [2.75, 3.05) is 18.4 Å². The van der Waals surface area contributed by atoms with Gasteiger partial charge in [0, 0.05) is 18.2 Å². The van der Waals surface area contributed by atoms with Crippen molar-refractivity contribution in [3.05, 3.63) is 24.6 Å². The number of hydrogen-bond donors (Lipinski definition) is 2. The molecule has 1 fully saturated rings. The van der Waals surface area contributed by atoms with Crippen LogP contribution in [-0.2, 0) is 4.79 Å². The number of oxazole rings is 1. The minimum Gasteiger partial charge on any atom is -0.443 e. The maximum Gasteiger partial charge on any atom is 0.224 e. The van der Waals surface area contributed by atoms with E-state index in [9.17, 15) is 4.79 Å². The molecule has 2 aromatic rings. The van der Waals surface area contributed by atoms with E-state index in [-0.39, 0.29) is 5.91 Å². The molecule has 0 saturated carbocycles. The summed E-state index contributed by atoms with van der Waals surface area (Å²) in [6.07, 6.45) is 4.26. The number of hydrogen-bond acceptors (Lipinski definition) is 4. The summed E-state index contributed by atoms with van der Waals surface area (Å²) in [5.74, 6) is 0.510. The van der Waals surface area contributed by atoms with Gasteiger partial charge in [0.25, 0.3) is 0 Å². The summed E-state index contributed by atoms with van der Waals surface area (Å²) in [5, 5.41) is 6.24. The van der Waals surface area contributed by atoms with Crippen molar-refractivity contribution >= 4 is 22.7 Å². The second-order valence-electron chi connectivity index (χ2n) is 5.00. The number of carbonyl (C=O) groups excluding carboxylic acids is 1. The molecule has 5 nitrogen and oxygen atoms in total. The van der Waals surface area contributed by atoms with E-state index < -0.39 is 0 Å². The molecular weight excluding hydrogens is 242 g/mol. The van der Waals surface area contributed by atoms with E-state index in [0.717, 1.165) is 37.1 Å². The SMILES string of the molecule is O=C(CC1CCCNC1)Nc1ccc2ncoc2c1. The Morgan fingerprint density at radius 3 is 3.32 bits per heavy atom. The summed E-state index contributed by atoms with van der Waals surface area (Å²) in [5.41, 5.74) is 2.25. The molecule has 0 aliphatic carbocycles. The number of aromatic nitrogens is 1. The van der Waals surface area contributed by atoms with Gasteiger partial charge in [0.05, 0.1) is 0 Å². The normalized spacial score (nSPS) is 19.5. The van der Waals surface area contributed by atoms with Gasteiger partial charge in [-0.1, -0.05) is 0 Å². The maximum absolute atomic E-state index is 12.0. The molecule has 0 spiro atoms. The van der Waals surface area contributed by atoms with Gasteiger partial charge >= 0.3 is 0 Å². The predicted molar refractivity (Wildman–Crippen MR) is 72.8 cm³/mol. The first-order valence-electron chi connectivity index (χ1n) is 6.65. The lowest BCUT2D eigenvalue weighted by Gasteiger charge is -2.22. The standard InChI is InChI=1S/C14H17N3O2/c18-14(6-10-2-1-5-15-8-10)17-11-3-4-12-13(7-11)19-9-16-12/h3-4,7,9-10,15H,1-2,5-6,8H2,(H,17,18). The van der Waals surface area contributed by atoms with E-state index in [2.05, 4.69) is 15.6 Å². The number of rotatable bonds is 3. The van der Waals surface area contributed by atoms with Crippen LogP contribution in [0.3, 0.4) is 0 Å². The third-order valence-electron chi connectivity index (χ3n) is 3.49. The molecule has 1 aliphatic rings. The molecule has 3 rings (SSSR count). The molecule has 2 N–H and O–H groups in total. The van der Waals surface area contributed by atoms with Gasteiger partial charge < -0.3 is 15.1 Å². The smallest absolute Gasteiger partial charge is 0.224 e. The van der Waals surface area contributed by atoms with Gasteiger partial charge in [-0.25, -0.2) is 4.98 Å². The molecule has 1 aromatic heterocycles. The van der Waals surface area contributed by atoms with Crippen molar-refractivity contribution < 1.29 is 9.21 Å². The lowest BCUT2D eigenvalue weighted by molar-refractivity contribution is -0.117. The fourth-order valence-corrected chi connectivity index (χ4v) is 2.51. The van der Waals surface area contributed by atoms with Gasteiger partial charge in [-0.05, 0) is 44.0 Å².